The van der Waals surface area contributed by atoms with Gasteiger partial charge in [-0.25, -0.2) is 9.78 Å². The van der Waals surface area contributed by atoms with Crippen molar-refractivity contribution in [1.29, 1.82) is 0 Å². The van der Waals surface area contributed by atoms with Gasteiger partial charge in [-0.3, -0.25) is 0 Å². The molecule has 1 aromatic rings. The number of aliphatic hydroxyl groups excluding tert-OH is 1. The fourth-order valence-corrected chi connectivity index (χ4v) is 0.754. The lowest BCUT2D eigenvalue weighted by molar-refractivity contribution is -0.142. The van der Waals surface area contributed by atoms with E-state index >= 15 is 0 Å². The fourth-order valence-electron chi connectivity index (χ4n) is 0.754. The maximum absolute atomic E-state index is 10.4. The molecule has 60 valence electrons. The van der Waals surface area contributed by atoms with E-state index in [0.29, 0.717) is 0 Å². The summed E-state index contributed by atoms with van der Waals surface area (Å²) in [5, 5.41) is 17.2. The van der Waals surface area contributed by atoms with Gasteiger partial charge in [0.1, 0.15) is 0 Å². The van der Waals surface area contributed by atoms with Crippen LogP contribution in [0, 0.1) is 0 Å². The first kappa shape index (κ1) is 7.74. The third-order valence-electron chi connectivity index (χ3n) is 1.34. The Balaban J connectivity index is 2.79. The number of nitrogens with zero attached hydrogens (tertiary/aromatic N) is 2. The van der Waals surface area contributed by atoms with Crippen LogP contribution < -0.4 is 0 Å². The summed E-state index contributed by atoms with van der Waals surface area (Å²) < 4.78 is 1.34. The van der Waals surface area contributed by atoms with E-state index in [0.717, 1.165) is 0 Å². The number of aromatic nitrogens is 2. The van der Waals surface area contributed by atoms with Gasteiger partial charge in [-0.05, 0) is 0 Å². The van der Waals surface area contributed by atoms with Gasteiger partial charge in [-0.15, -0.1) is 0 Å². The SMILES string of the molecule is O=C(O)[C@@H](CO)n1ccnc1. The van der Waals surface area contributed by atoms with Gasteiger partial charge in [-0.1, -0.05) is 0 Å². The molecule has 5 heteroatoms. The topological polar surface area (TPSA) is 75.3 Å². The van der Waals surface area contributed by atoms with Crippen LogP contribution >= 0.6 is 0 Å². The van der Waals surface area contributed by atoms with E-state index in [9.17, 15) is 4.79 Å². The molecule has 0 bridgehead atoms. The number of imidazole rings is 1. The molecule has 0 aliphatic rings. The van der Waals surface area contributed by atoms with Crippen molar-refractivity contribution in [2.45, 2.75) is 6.04 Å². The van der Waals surface area contributed by atoms with Crippen molar-refractivity contribution < 1.29 is 15.0 Å². The third-order valence-corrected chi connectivity index (χ3v) is 1.34. The van der Waals surface area contributed by atoms with Crippen molar-refractivity contribution in [3.05, 3.63) is 18.7 Å². The Morgan fingerprint density at radius 3 is 2.82 bits per heavy atom. The highest BCUT2D eigenvalue weighted by Gasteiger charge is 2.16. The number of carbonyl (C=O) groups is 1. The Kier molecular flexibility index (Phi) is 2.22. The van der Waals surface area contributed by atoms with Crippen molar-refractivity contribution in [3.63, 3.8) is 0 Å². The summed E-state index contributed by atoms with van der Waals surface area (Å²) in [5.74, 6) is -1.06. The first-order valence-corrected chi connectivity index (χ1v) is 3.07. The number of carboxylic acids is 1. The summed E-state index contributed by atoms with van der Waals surface area (Å²) in [7, 11) is 0. The van der Waals surface area contributed by atoms with Crippen LogP contribution in [0.5, 0.6) is 0 Å². The fraction of sp³-hybridized carbons (Fsp3) is 0.333. The van der Waals surface area contributed by atoms with Crippen LogP contribution in [0.2, 0.25) is 0 Å². The second kappa shape index (κ2) is 3.16. The van der Waals surface area contributed by atoms with Crippen LogP contribution in [0.15, 0.2) is 18.7 Å². The van der Waals surface area contributed by atoms with Crippen molar-refractivity contribution >= 4 is 5.97 Å². The molecular weight excluding hydrogens is 148 g/mol. The highest BCUT2D eigenvalue weighted by Crippen LogP contribution is 2.03. The highest BCUT2D eigenvalue weighted by atomic mass is 16.4. The lowest BCUT2D eigenvalue weighted by atomic mass is 10.3. The van der Waals surface area contributed by atoms with E-state index in [2.05, 4.69) is 4.98 Å². The zero-order valence-electron chi connectivity index (χ0n) is 5.71. The molecule has 0 saturated heterocycles. The average molecular weight is 156 g/mol. The maximum Gasteiger partial charge on any atom is 0.329 e. The highest BCUT2D eigenvalue weighted by molar-refractivity contribution is 5.71. The molecule has 2 N–H and O–H groups in total. The second-order valence-electron chi connectivity index (χ2n) is 2.05. The summed E-state index contributed by atoms with van der Waals surface area (Å²) >= 11 is 0. The predicted octanol–water partition coefficient (Wildman–Crippen LogP) is -0.499. The normalized spacial score (nSPS) is 12.8. The second-order valence-corrected chi connectivity index (χ2v) is 2.05. The summed E-state index contributed by atoms with van der Waals surface area (Å²) in [6.45, 7) is -0.425. The number of aliphatic hydroxyl groups is 1. The monoisotopic (exact) mass is 156 g/mol. The van der Waals surface area contributed by atoms with Gasteiger partial charge in [0.05, 0.1) is 12.9 Å². The van der Waals surface area contributed by atoms with Crippen molar-refractivity contribution in [1.82, 2.24) is 9.55 Å². The predicted molar refractivity (Wildman–Crippen MR) is 36.0 cm³/mol. The Morgan fingerprint density at radius 1 is 1.73 bits per heavy atom. The van der Waals surface area contributed by atoms with Crippen molar-refractivity contribution in [2.75, 3.05) is 6.61 Å². The van der Waals surface area contributed by atoms with Gasteiger partial charge in [0.2, 0.25) is 0 Å². The average Bonchev–Trinajstić information content (AvgIpc) is 2.40. The number of carboxylic acid groups (broad SMARTS) is 1. The summed E-state index contributed by atoms with van der Waals surface area (Å²) in [6.07, 6.45) is 4.32. The molecule has 0 amide bonds. The van der Waals surface area contributed by atoms with Crippen LogP contribution in [0.1, 0.15) is 6.04 Å². The minimum atomic E-state index is -1.06. The largest absolute Gasteiger partial charge is 0.480 e. The van der Waals surface area contributed by atoms with E-state index in [-0.39, 0.29) is 0 Å². The quantitative estimate of drug-likeness (QED) is 0.618. The summed E-state index contributed by atoms with van der Waals surface area (Å²) in [4.78, 5) is 14.1. The molecule has 0 aromatic carbocycles. The minimum absolute atomic E-state index is 0.425. The molecule has 0 aliphatic carbocycles. The Bertz CT molecular complexity index is 232. The van der Waals surface area contributed by atoms with Gasteiger partial charge < -0.3 is 14.8 Å². The Morgan fingerprint density at radius 2 is 2.45 bits per heavy atom. The van der Waals surface area contributed by atoms with Crippen LogP contribution in [-0.2, 0) is 4.79 Å². The Labute approximate surface area is 62.9 Å². The molecule has 0 unspecified atom stereocenters. The van der Waals surface area contributed by atoms with Gasteiger partial charge in [-0.2, -0.15) is 0 Å². The van der Waals surface area contributed by atoms with Gasteiger partial charge in [0, 0.05) is 12.4 Å². The van der Waals surface area contributed by atoms with Gasteiger partial charge in [0.25, 0.3) is 0 Å². The molecule has 0 fully saturated rings. The summed E-state index contributed by atoms with van der Waals surface area (Å²) in [6, 6.07) is -0.919. The first-order valence-electron chi connectivity index (χ1n) is 3.07. The van der Waals surface area contributed by atoms with Crippen molar-refractivity contribution in [2.24, 2.45) is 0 Å². The molecule has 1 aromatic heterocycles. The molecule has 5 nitrogen and oxygen atoms in total. The first-order chi connectivity index (χ1) is 5.25. The summed E-state index contributed by atoms with van der Waals surface area (Å²) in [5.41, 5.74) is 0. The standard InChI is InChI=1S/C6H8N2O3/c9-3-5(6(10)11)8-2-1-7-4-8/h1-2,4-5,9H,3H2,(H,10,11)/t5-/m1/s1. The van der Waals surface area contributed by atoms with Gasteiger partial charge >= 0.3 is 5.97 Å². The number of hydrogen-bond acceptors (Lipinski definition) is 3. The van der Waals surface area contributed by atoms with Crippen LogP contribution in [0.4, 0.5) is 0 Å². The van der Waals surface area contributed by atoms with E-state index in [1.165, 1.54) is 23.3 Å². The van der Waals surface area contributed by atoms with Crippen LogP contribution in [0.3, 0.4) is 0 Å². The lowest BCUT2D eigenvalue weighted by Crippen LogP contribution is -2.21. The van der Waals surface area contributed by atoms with Gasteiger partial charge in [0.15, 0.2) is 6.04 Å². The number of rotatable bonds is 3. The zero-order chi connectivity index (χ0) is 8.27. The zero-order valence-corrected chi connectivity index (χ0v) is 5.71. The molecule has 1 heterocycles. The molecule has 0 saturated carbocycles. The van der Waals surface area contributed by atoms with E-state index in [4.69, 9.17) is 10.2 Å². The molecular formula is C6H8N2O3. The molecule has 0 radical (unpaired) electrons. The van der Waals surface area contributed by atoms with E-state index in [1.807, 2.05) is 0 Å². The van der Waals surface area contributed by atoms with E-state index < -0.39 is 18.6 Å². The smallest absolute Gasteiger partial charge is 0.329 e. The van der Waals surface area contributed by atoms with E-state index in [1.54, 1.807) is 0 Å². The van der Waals surface area contributed by atoms with Crippen molar-refractivity contribution in [3.8, 4) is 0 Å². The van der Waals surface area contributed by atoms with Crippen LogP contribution in [-0.4, -0.2) is 32.3 Å². The maximum atomic E-state index is 10.4. The lowest BCUT2D eigenvalue weighted by Gasteiger charge is -2.08. The molecule has 1 atom stereocenters. The molecule has 1 rings (SSSR count). The third kappa shape index (κ3) is 1.56. The molecule has 0 spiro atoms. The minimum Gasteiger partial charge on any atom is -0.480 e. The number of aliphatic carboxylic acids is 1. The van der Waals surface area contributed by atoms with Crippen LogP contribution in [0.25, 0.3) is 0 Å². The molecule has 11 heavy (non-hydrogen) atoms. The molecule has 0 aliphatic heterocycles. The Hall–Kier alpha value is -1.36. The number of hydrogen-bond donors (Lipinski definition) is 2.